The highest BCUT2D eigenvalue weighted by Gasteiger charge is 2.30. The van der Waals surface area contributed by atoms with Crippen molar-refractivity contribution in [3.05, 3.63) is 24.3 Å². The Balaban J connectivity index is 1.83. The van der Waals surface area contributed by atoms with Crippen LogP contribution in [0.15, 0.2) is 24.3 Å². The molecule has 2 heterocycles. The molecule has 3 nitrogen and oxygen atoms in total. The van der Waals surface area contributed by atoms with Gasteiger partial charge in [-0.2, -0.15) is 0 Å². The summed E-state index contributed by atoms with van der Waals surface area (Å²) in [7, 11) is 0. The van der Waals surface area contributed by atoms with Gasteiger partial charge in [-0.15, -0.1) is 0 Å². The fourth-order valence-corrected chi connectivity index (χ4v) is 3.71. The Kier molecular flexibility index (Phi) is 3.22. The second-order valence-corrected chi connectivity index (χ2v) is 6.09. The number of hydrogen-bond donors (Lipinski definition) is 1. The molecule has 0 unspecified atom stereocenters. The summed E-state index contributed by atoms with van der Waals surface area (Å²) in [4.78, 5) is 7.07. The van der Waals surface area contributed by atoms with Gasteiger partial charge in [-0.1, -0.05) is 36.8 Å². The van der Waals surface area contributed by atoms with E-state index in [0.717, 1.165) is 23.7 Å². The van der Waals surface area contributed by atoms with Crippen LogP contribution in [0, 0.1) is 5.92 Å². The average molecular weight is 261 g/mol. The van der Waals surface area contributed by atoms with Gasteiger partial charge in [0.05, 0.1) is 10.2 Å². The molecule has 1 aliphatic heterocycles. The lowest BCUT2D eigenvalue weighted by atomic mass is 9.99. The maximum absolute atomic E-state index is 6.22. The van der Waals surface area contributed by atoms with Gasteiger partial charge < -0.3 is 10.6 Å². The van der Waals surface area contributed by atoms with E-state index >= 15 is 0 Å². The van der Waals surface area contributed by atoms with Crippen LogP contribution < -0.4 is 10.6 Å². The molecule has 0 amide bonds. The van der Waals surface area contributed by atoms with Gasteiger partial charge in [0.1, 0.15) is 0 Å². The van der Waals surface area contributed by atoms with Crippen LogP contribution in [0.4, 0.5) is 5.13 Å². The largest absolute Gasteiger partial charge is 0.346 e. The zero-order chi connectivity index (χ0) is 12.5. The van der Waals surface area contributed by atoms with Gasteiger partial charge in [0.25, 0.3) is 0 Å². The van der Waals surface area contributed by atoms with E-state index in [-0.39, 0.29) is 0 Å². The van der Waals surface area contributed by atoms with Crippen molar-refractivity contribution in [2.75, 3.05) is 18.0 Å². The Hall–Kier alpha value is -1.13. The highest BCUT2D eigenvalue weighted by atomic mass is 32.1. The molecule has 4 heteroatoms. The Morgan fingerprint density at radius 2 is 2.22 bits per heavy atom. The molecule has 2 aromatic rings. The molecule has 3 rings (SSSR count). The summed E-state index contributed by atoms with van der Waals surface area (Å²) in [6, 6.07) is 8.63. The molecule has 18 heavy (non-hydrogen) atoms. The first-order chi connectivity index (χ1) is 8.78. The van der Waals surface area contributed by atoms with Crippen molar-refractivity contribution in [1.82, 2.24) is 4.98 Å². The fourth-order valence-electron chi connectivity index (χ4n) is 2.72. The van der Waals surface area contributed by atoms with Crippen LogP contribution in [0.1, 0.15) is 19.8 Å². The van der Waals surface area contributed by atoms with Crippen molar-refractivity contribution in [2.45, 2.75) is 25.8 Å². The van der Waals surface area contributed by atoms with E-state index in [0.29, 0.717) is 12.0 Å². The SMILES string of the molecule is CCC[C@H]1CN(c2nc3ccccc3s2)C[C@@H]1N. The maximum Gasteiger partial charge on any atom is 0.186 e. The third-order valence-electron chi connectivity index (χ3n) is 3.70. The van der Waals surface area contributed by atoms with E-state index in [1.165, 1.54) is 17.5 Å². The van der Waals surface area contributed by atoms with Crippen molar-refractivity contribution in [1.29, 1.82) is 0 Å². The zero-order valence-electron chi connectivity index (χ0n) is 10.7. The van der Waals surface area contributed by atoms with Crippen molar-refractivity contribution in [3.63, 3.8) is 0 Å². The Morgan fingerprint density at radius 1 is 1.39 bits per heavy atom. The van der Waals surface area contributed by atoms with Crippen LogP contribution in [0.2, 0.25) is 0 Å². The number of hydrogen-bond acceptors (Lipinski definition) is 4. The van der Waals surface area contributed by atoms with Crippen molar-refractivity contribution in [2.24, 2.45) is 11.7 Å². The number of fused-ring (bicyclic) bond motifs is 1. The Morgan fingerprint density at radius 3 is 3.00 bits per heavy atom. The summed E-state index contributed by atoms with van der Waals surface area (Å²) in [5.41, 5.74) is 7.32. The van der Waals surface area contributed by atoms with Gasteiger partial charge in [0.2, 0.25) is 0 Å². The number of aromatic nitrogens is 1. The van der Waals surface area contributed by atoms with Gasteiger partial charge in [0.15, 0.2) is 5.13 Å². The topological polar surface area (TPSA) is 42.2 Å². The van der Waals surface area contributed by atoms with E-state index in [4.69, 9.17) is 10.7 Å². The second kappa shape index (κ2) is 4.86. The van der Waals surface area contributed by atoms with Gasteiger partial charge in [-0.25, -0.2) is 4.98 Å². The second-order valence-electron chi connectivity index (χ2n) is 5.08. The number of nitrogens with two attached hydrogens (primary N) is 1. The smallest absolute Gasteiger partial charge is 0.186 e. The molecule has 2 atom stereocenters. The molecule has 1 fully saturated rings. The summed E-state index contributed by atoms with van der Waals surface area (Å²) in [5.74, 6) is 0.627. The Bertz CT molecular complexity index is 504. The van der Waals surface area contributed by atoms with Crippen molar-refractivity contribution in [3.8, 4) is 0 Å². The molecule has 1 aliphatic rings. The van der Waals surface area contributed by atoms with Crippen molar-refractivity contribution >= 4 is 26.7 Å². The summed E-state index contributed by atoms with van der Waals surface area (Å²) < 4.78 is 1.26. The molecule has 1 saturated heterocycles. The van der Waals surface area contributed by atoms with Crippen LogP contribution in [0.3, 0.4) is 0 Å². The van der Waals surface area contributed by atoms with E-state index < -0.39 is 0 Å². The fraction of sp³-hybridized carbons (Fsp3) is 0.500. The Labute approximate surface area is 112 Å². The molecule has 0 spiro atoms. The number of benzene rings is 1. The molecule has 1 aromatic heterocycles. The molecule has 1 aromatic carbocycles. The first kappa shape index (κ1) is 11.9. The number of anilines is 1. The lowest BCUT2D eigenvalue weighted by molar-refractivity contribution is 0.472. The molecule has 96 valence electrons. The highest BCUT2D eigenvalue weighted by molar-refractivity contribution is 7.22. The van der Waals surface area contributed by atoms with Crippen LogP contribution in [0.5, 0.6) is 0 Å². The lowest BCUT2D eigenvalue weighted by Gasteiger charge is -2.13. The van der Waals surface area contributed by atoms with Gasteiger partial charge in [-0.3, -0.25) is 0 Å². The first-order valence-electron chi connectivity index (χ1n) is 6.64. The highest BCUT2D eigenvalue weighted by Crippen LogP contribution is 2.32. The first-order valence-corrected chi connectivity index (χ1v) is 7.45. The third kappa shape index (κ3) is 2.10. The molecule has 0 aliphatic carbocycles. The number of thiazole rings is 1. The third-order valence-corrected chi connectivity index (χ3v) is 4.80. The van der Waals surface area contributed by atoms with Gasteiger partial charge in [0, 0.05) is 19.1 Å². The predicted molar refractivity (Wildman–Crippen MR) is 78.2 cm³/mol. The van der Waals surface area contributed by atoms with Crippen molar-refractivity contribution < 1.29 is 0 Å². The molecule has 2 N–H and O–H groups in total. The molecular formula is C14H19N3S. The molecule has 0 radical (unpaired) electrons. The lowest BCUT2D eigenvalue weighted by Crippen LogP contribution is -2.29. The average Bonchev–Trinajstić information content (AvgIpc) is 2.94. The minimum Gasteiger partial charge on any atom is -0.346 e. The molecular weight excluding hydrogens is 242 g/mol. The number of rotatable bonds is 3. The number of nitrogens with zero attached hydrogens (tertiary/aromatic N) is 2. The summed E-state index contributed by atoms with van der Waals surface area (Å²) in [5, 5.41) is 1.13. The summed E-state index contributed by atoms with van der Waals surface area (Å²) in [6.07, 6.45) is 2.44. The number of para-hydroxylation sites is 1. The minimum absolute atomic E-state index is 0.303. The quantitative estimate of drug-likeness (QED) is 0.923. The zero-order valence-corrected chi connectivity index (χ0v) is 11.5. The van der Waals surface area contributed by atoms with Crippen LogP contribution >= 0.6 is 11.3 Å². The predicted octanol–water partition coefficient (Wildman–Crippen LogP) is 2.86. The van der Waals surface area contributed by atoms with E-state index in [2.05, 4.69) is 30.0 Å². The van der Waals surface area contributed by atoms with Gasteiger partial charge in [-0.05, 0) is 24.5 Å². The molecule has 0 bridgehead atoms. The normalized spacial score (nSPS) is 24.0. The van der Waals surface area contributed by atoms with Crippen LogP contribution in [-0.4, -0.2) is 24.1 Å². The standard InChI is InChI=1S/C14H19N3S/c1-2-5-10-8-17(9-11(10)15)14-16-12-6-3-4-7-13(12)18-14/h3-4,6-7,10-11H,2,5,8-9,15H2,1H3/t10-,11-/m0/s1. The van der Waals surface area contributed by atoms with Crippen LogP contribution in [0.25, 0.3) is 10.2 Å². The monoisotopic (exact) mass is 261 g/mol. The van der Waals surface area contributed by atoms with E-state index in [9.17, 15) is 0 Å². The maximum atomic E-state index is 6.22. The van der Waals surface area contributed by atoms with E-state index in [1.807, 2.05) is 6.07 Å². The summed E-state index contributed by atoms with van der Waals surface area (Å²) >= 11 is 1.78. The van der Waals surface area contributed by atoms with Crippen LogP contribution in [-0.2, 0) is 0 Å². The van der Waals surface area contributed by atoms with E-state index in [1.54, 1.807) is 11.3 Å². The van der Waals surface area contributed by atoms with Gasteiger partial charge >= 0.3 is 0 Å². The summed E-state index contributed by atoms with van der Waals surface area (Å²) in [6.45, 7) is 4.24. The molecule has 0 saturated carbocycles. The minimum atomic E-state index is 0.303.